The van der Waals surface area contributed by atoms with Gasteiger partial charge in [0.05, 0.1) is 7.11 Å². The Morgan fingerprint density at radius 3 is 2.84 bits per heavy atom. The van der Waals surface area contributed by atoms with Gasteiger partial charge in [0.2, 0.25) is 6.79 Å². The fourth-order valence-corrected chi connectivity index (χ4v) is 2.86. The first-order chi connectivity index (χ1) is 12.2. The van der Waals surface area contributed by atoms with Crippen LogP contribution in [0.5, 0.6) is 17.2 Å². The molecular formula is C19H17NO5. The molecule has 128 valence electrons. The van der Waals surface area contributed by atoms with Crippen molar-refractivity contribution >= 4 is 16.9 Å². The van der Waals surface area contributed by atoms with Gasteiger partial charge in [0.15, 0.2) is 17.3 Å². The summed E-state index contributed by atoms with van der Waals surface area (Å²) >= 11 is 0. The maximum atomic E-state index is 12.5. The molecule has 6 heteroatoms. The Hall–Kier alpha value is -3.15. The number of amides is 1. The normalized spacial score (nSPS) is 12.4. The van der Waals surface area contributed by atoms with Crippen LogP contribution < -0.4 is 19.5 Å². The van der Waals surface area contributed by atoms with Crippen LogP contribution in [0.2, 0.25) is 0 Å². The van der Waals surface area contributed by atoms with E-state index in [0.717, 1.165) is 28.0 Å². The van der Waals surface area contributed by atoms with Gasteiger partial charge in [0.1, 0.15) is 11.3 Å². The lowest BCUT2D eigenvalue weighted by Gasteiger charge is -2.05. The van der Waals surface area contributed by atoms with Crippen LogP contribution in [0.3, 0.4) is 0 Å². The van der Waals surface area contributed by atoms with Crippen molar-refractivity contribution in [3.8, 4) is 17.2 Å². The smallest absolute Gasteiger partial charge is 0.287 e. The molecule has 0 fully saturated rings. The second-order valence-corrected chi connectivity index (χ2v) is 5.79. The van der Waals surface area contributed by atoms with Crippen LogP contribution in [0.4, 0.5) is 0 Å². The predicted octanol–water partition coefficient (Wildman–Crippen LogP) is 3.41. The number of hydrogen-bond acceptors (Lipinski definition) is 5. The van der Waals surface area contributed by atoms with Crippen molar-refractivity contribution in [1.82, 2.24) is 5.32 Å². The largest absolute Gasteiger partial charge is 0.497 e. The summed E-state index contributed by atoms with van der Waals surface area (Å²) in [7, 11) is 1.61. The molecule has 0 spiro atoms. The predicted molar refractivity (Wildman–Crippen MR) is 91.2 cm³/mol. The van der Waals surface area contributed by atoms with Crippen molar-refractivity contribution in [2.75, 3.05) is 13.9 Å². The van der Waals surface area contributed by atoms with Crippen molar-refractivity contribution in [2.24, 2.45) is 0 Å². The zero-order chi connectivity index (χ0) is 17.4. The second-order valence-electron chi connectivity index (χ2n) is 5.79. The zero-order valence-electron chi connectivity index (χ0n) is 13.9. The van der Waals surface area contributed by atoms with E-state index < -0.39 is 0 Å². The first-order valence-electron chi connectivity index (χ1n) is 7.89. The number of carbonyl (C=O) groups is 1. The summed E-state index contributed by atoms with van der Waals surface area (Å²) < 4.78 is 21.6. The minimum atomic E-state index is -0.259. The highest BCUT2D eigenvalue weighted by molar-refractivity contribution is 5.99. The highest BCUT2D eigenvalue weighted by Gasteiger charge is 2.18. The van der Waals surface area contributed by atoms with Gasteiger partial charge in [0.25, 0.3) is 5.91 Å². The van der Waals surface area contributed by atoms with E-state index in [0.29, 0.717) is 23.6 Å². The Morgan fingerprint density at radius 1 is 1.16 bits per heavy atom. The number of rotatable bonds is 4. The fraction of sp³-hybridized carbons (Fsp3) is 0.211. The Labute approximate surface area is 144 Å². The monoisotopic (exact) mass is 339 g/mol. The summed E-state index contributed by atoms with van der Waals surface area (Å²) in [6.45, 7) is 2.46. The van der Waals surface area contributed by atoms with Gasteiger partial charge in [0, 0.05) is 17.5 Å². The average molecular weight is 339 g/mol. The molecule has 0 atom stereocenters. The maximum Gasteiger partial charge on any atom is 0.287 e. The van der Waals surface area contributed by atoms with Gasteiger partial charge in [-0.25, -0.2) is 0 Å². The molecule has 0 aliphatic carbocycles. The first-order valence-corrected chi connectivity index (χ1v) is 7.89. The summed E-state index contributed by atoms with van der Waals surface area (Å²) in [4.78, 5) is 12.5. The van der Waals surface area contributed by atoms with Gasteiger partial charge in [-0.15, -0.1) is 0 Å². The molecule has 0 unspecified atom stereocenters. The van der Waals surface area contributed by atoms with E-state index in [9.17, 15) is 4.79 Å². The van der Waals surface area contributed by atoms with Crippen LogP contribution >= 0.6 is 0 Å². The molecule has 0 saturated heterocycles. The standard InChI is InChI=1S/C19H17NO5/c1-11-14-8-13(22-2)4-6-15(14)25-18(11)19(21)20-9-12-3-5-16-17(7-12)24-10-23-16/h3-8H,9-10H2,1-2H3,(H,20,21). The highest BCUT2D eigenvalue weighted by atomic mass is 16.7. The number of fused-ring (bicyclic) bond motifs is 2. The number of nitrogens with one attached hydrogen (secondary N) is 1. The molecule has 2 heterocycles. The van der Waals surface area contributed by atoms with E-state index in [1.807, 2.05) is 31.2 Å². The van der Waals surface area contributed by atoms with Crippen LogP contribution in [0.25, 0.3) is 11.0 Å². The lowest BCUT2D eigenvalue weighted by atomic mass is 10.1. The second kappa shape index (κ2) is 6.05. The fourth-order valence-electron chi connectivity index (χ4n) is 2.86. The molecule has 1 aliphatic rings. The maximum absolute atomic E-state index is 12.5. The number of aryl methyl sites for hydroxylation is 1. The SMILES string of the molecule is COc1ccc2oc(C(=O)NCc3ccc4c(c3)OCO4)c(C)c2c1. The van der Waals surface area contributed by atoms with Crippen molar-refractivity contribution < 1.29 is 23.4 Å². The third-order valence-electron chi connectivity index (χ3n) is 4.24. The van der Waals surface area contributed by atoms with E-state index in [1.54, 1.807) is 19.2 Å². The Kier molecular flexibility index (Phi) is 3.72. The molecule has 25 heavy (non-hydrogen) atoms. The molecule has 3 aromatic rings. The van der Waals surface area contributed by atoms with Gasteiger partial charge < -0.3 is 23.9 Å². The highest BCUT2D eigenvalue weighted by Crippen LogP contribution is 2.32. The summed E-state index contributed by atoms with van der Waals surface area (Å²) in [5.41, 5.74) is 2.37. The number of benzene rings is 2. The number of hydrogen-bond donors (Lipinski definition) is 1. The summed E-state index contributed by atoms with van der Waals surface area (Å²) in [6.07, 6.45) is 0. The lowest BCUT2D eigenvalue weighted by Crippen LogP contribution is -2.22. The minimum absolute atomic E-state index is 0.229. The third-order valence-corrected chi connectivity index (χ3v) is 4.24. The van der Waals surface area contributed by atoms with Gasteiger partial charge in [-0.3, -0.25) is 4.79 Å². The molecular weight excluding hydrogens is 322 g/mol. The van der Waals surface area contributed by atoms with Gasteiger partial charge in [-0.05, 0) is 42.8 Å². The van der Waals surface area contributed by atoms with Gasteiger partial charge >= 0.3 is 0 Å². The number of methoxy groups -OCH3 is 1. The van der Waals surface area contributed by atoms with Crippen LogP contribution in [-0.4, -0.2) is 19.8 Å². The summed E-state index contributed by atoms with van der Waals surface area (Å²) in [5, 5.41) is 3.74. The van der Waals surface area contributed by atoms with Crippen LogP contribution in [0.15, 0.2) is 40.8 Å². The average Bonchev–Trinajstić information content (AvgIpc) is 3.23. The molecule has 2 aromatic carbocycles. The molecule has 1 amide bonds. The van der Waals surface area contributed by atoms with E-state index in [2.05, 4.69) is 5.32 Å². The molecule has 0 radical (unpaired) electrons. The van der Waals surface area contributed by atoms with Crippen molar-refractivity contribution in [2.45, 2.75) is 13.5 Å². The van der Waals surface area contributed by atoms with Crippen LogP contribution in [0.1, 0.15) is 21.7 Å². The molecule has 1 N–H and O–H groups in total. The molecule has 1 aliphatic heterocycles. The molecule has 6 nitrogen and oxygen atoms in total. The zero-order valence-corrected chi connectivity index (χ0v) is 13.9. The van der Waals surface area contributed by atoms with Crippen molar-refractivity contribution in [1.29, 1.82) is 0 Å². The number of carbonyl (C=O) groups excluding carboxylic acids is 1. The van der Waals surface area contributed by atoms with E-state index in [1.165, 1.54) is 0 Å². The topological polar surface area (TPSA) is 69.9 Å². The molecule has 0 saturated carbocycles. The van der Waals surface area contributed by atoms with Gasteiger partial charge in [-0.2, -0.15) is 0 Å². The summed E-state index contributed by atoms with van der Waals surface area (Å²) in [5.74, 6) is 2.19. The number of furan rings is 1. The Balaban J connectivity index is 1.53. The molecule has 4 rings (SSSR count). The summed E-state index contributed by atoms with van der Waals surface area (Å²) in [6, 6.07) is 11.1. The van der Waals surface area contributed by atoms with Crippen LogP contribution in [0, 0.1) is 6.92 Å². The molecule has 0 bridgehead atoms. The first kappa shape index (κ1) is 15.4. The Morgan fingerprint density at radius 2 is 2.00 bits per heavy atom. The van der Waals surface area contributed by atoms with E-state index in [4.69, 9.17) is 18.6 Å². The van der Waals surface area contributed by atoms with E-state index >= 15 is 0 Å². The Bertz CT molecular complexity index is 960. The lowest BCUT2D eigenvalue weighted by molar-refractivity contribution is 0.0924. The van der Waals surface area contributed by atoms with Crippen molar-refractivity contribution in [3.05, 3.63) is 53.3 Å². The van der Waals surface area contributed by atoms with Gasteiger partial charge in [-0.1, -0.05) is 6.07 Å². The van der Waals surface area contributed by atoms with E-state index in [-0.39, 0.29) is 12.7 Å². The third kappa shape index (κ3) is 2.76. The van der Waals surface area contributed by atoms with Crippen LogP contribution in [-0.2, 0) is 6.54 Å². The van der Waals surface area contributed by atoms with Crippen molar-refractivity contribution in [3.63, 3.8) is 0 Å². The molecule has 1 aromatic heterocycles. The quantitative estimate of drug-likeness (QED) is 0.789. The number of ether oxygens (including phenoxy) is 3. The minimum Gasteiger partial charge on any atom is -0.497 e.